The second-order valence-corrected chi connectivity index (χ2v) is 4.16. The van der Waals surface area contributed by atoms with Crippen molar-refractivity contribution >= 4 is 11.5 Å². The van der Waals surface area contributed by atoms with Gasteiger partial charge in [-0.2, -0.15) is 0 Å². The zero-order valence-corrected chi connectivity index (χ0v) is 10.2. The van der Waals surface area contributed by atoms with Gasteiger partial charge in [0.1, 0.15) is 0 Å². The Morgan fingerprint density at radius 3 is 2.56 bits per heavy atom. The summed E-state index contributed by atoms with van der Waals surface area (Å²) in [6, 6.07) is 6.13. The van der Waals surface area contributed by atoms with Crippen LogP contribution < -0.4 is 10.6 Å². The molecule has 0 atom stereocenters. The van der Waals surface area contributed by atoms with E-state index < -0.39 is 0 Å². The fourth-order valence-corrected chi connectivity index (χ4v) is 1.65. The van der Waals surface area contributed by atoms with Gasteiger partial charge in [-0.25, -0.2) is 0 Å². The van der Waals surface area contributed by atoms with E-state index in [1.165, 1.54) is 0 Å². The minimum absolute atomic E-state index is 0.145. The Labute approximate surface area is 96.4 Å². The molecule has 0 aliphatic carbocycles. The number of benzene rings is 1. The Hall–Kier alpha value is -1.71. The number of para-hydroxylation sites is 1. The van der Waals surface area contributed by atoms with Crippen LogP contribution in [0.3, 0.4) is 0 Å². The van der Waals surface area contributed by atoms with Gasteiger partial charge in [-0.15, -0.1) is 0 Å². The molecule has 0 unspecified atom stereocenters. The Bertz CT molecular complexity index is 399. The molecule has 4 nitrogen and oxygen atoms in total. The molecule has 1 aromatic rings. The van der Waals surface area contributed by atoms with Gasteiger partial charge in [0.2, 0.25) is 0 Å². The lowest BCUT2D eigenvalue weighted by molar-refractivity contribution is 0.318. The first-order valence-corrected chi connectivity index (χ1v) is 5.29. The summed E-state index contributed by atoms with van der Waals surface area (Å²) in [4.78, 5) is 2.11. The van der Waals surface area contributed by atoms with Gasteiger partial charge in [-0.1, -0.05) is 17.3 Å². The average Bonchev–Trinajstić information content (AvgIpc) is 2.26. The van der Waals surface area contributed by atoms with E-state index in [0.717, 1.165) is 16.8 Å². The summed E-state index contributed by atoms with van der Waals surface area (Å²) in [5.74, 6) is 0.145. The molecule has 3 N–H and O–H groups in total. The summed E-state index contributed by atoms with van der Waals surface area (Å²) in [5.41, 5.74) is 8.56. The molecule has 0 amide bonds. The fourth-order valence-electron chi connectivity index (χ4n) is 1.65. The molecular weight excluding hydrogens is 202 g/mol. The maximum absolute atomic E-state index is 8.77. The van der Waals surface area contributed by atoms with Crippen LogP contribution in [0.25, 0.3) is 0 Å². The van der Waals surface area contributed by atoms with Gasteiger partial charge in [-0.3, -0.25) is 0 Å². The summed E-state index contributed by atoms with van der Waals surface area (Å²) in [6.45, 7) is 6.22. The number of anilines is 1. The molecule has 0 spiro atoms. The van der Waals surface area contributed by atoms with E-state index in [0.29, 0.717) is 6.04 Å². The molecule has 0 heterocycles. The number of rotatable bonds is 3. The molecule has 4 heteroatoms. The Balaban J connectivity index is 3.35. The van der Waals surface area contributed by atoms with E-state index in [-0.39, 0.29) is 5.84 Å². The standard InChI is InChI=1S/C12H19N3O/c1-8(2)15(4)11-9(3)6-5-7-10(11)12(13)14-16/h5-8,16H,1-4H3,(H2,13,14). The van der Waals surface area contributed by atoms with Crippen LogP contribution in [0.2, 0.25) is 0 Å². The predicted molar refractivity (Wildman–Crippen MR) is 67.2 cm³/mol. The van der Waals surface area contributed by atoms with Crippen LogP contribution in [-0.2, 0) is 0 Å². The van der Waals surface area contributed by atoms with Gasteiger partial charge >= 0.3 is 0 Å². The number of hydrogen-bond acceptors (Lipinski definition) is 3. The van der Waals surface area contributed by atoms with Crippen molar-refractivity contribution < 1.29 is 5.21 Å². The van der Waals surface area contributed by atoms with Gasteiger partial charge in [0.05, 0.1) is 5.69 Å². The monoisotopic (exact) mass is 221 g/mol. The minimum atomic E-state index is 0.145. The van der Waals surface area contributed by atoms with Gasteiger partial charge < -0.3 is 15.8 Å². The third-order valence-corrected chi connectivity index (χ3v) is 2.75. The van der Waals surface area contributed by atoms with Crippen LogP contribution in [0.1, 0.15) is 25.0 Å². The smallest absolute Gasteiger partial charge is 0.172 e. The van der Waals surface area contributed by atoms with Crippen molar-refractivity contribution in [3.8, 4) is 0 Å². The largest absolute Gasteiger partial charge is 0.409 e. The molecule has 0 radical (unpaired) electrons. The zero-order chi connectivity index (χ0) is 12.3. The molecule has 0 bridgehead atoms. The molecular formula is C12H19N3O. The third-order valence-electron chi connectivity index (χ3n) is 2.75. The highest BCUT2D eigenvalue weighted by molar-refractivity contribution is 6.02. The molecule has 1 aromatic carbocycles. The van der Waals surface area contributed by atoms with E-state index >= 15 is 0 Å². The van der Waals surface area contributed by atoms with Crippen molar-refractivity contribution in [2.45, 2.75) is 26.8 Å². The van der Waals surface area contributed by atoms with Crippen molar-refractivity contribution in [1.29, 1.82) is 0 Å². The first-order valence-electron chi connectivity index (χ1n) is 5.29. The van der Waals surface area contributed by atoms with Crippen molar-refractivity contribution in [2.24, 2.45) is 10.9 Å². The van der Waals surface area contributed by atoms with Gasteiger partial charge in [0.15, 0.2) is 5.84 Å². The fraction of sp³-hybridized carbons (Fsp3) is 0.417. The lowest BCUT2D eigenvalue weighted by Gasteiger charge is -2.27. The van der Waals surface area contributed by atoms with Crippen LogP contribution in [-0.4, -0.2) is 24.1 Å². The van der Waals surface area contributed by atoms with Crippen LogP contribution in [0.4, 0.5) is 5.69 Å². The first-order chi connectivity index (χ1) is 7.49. The van der Waals surface area contributed by atoms with Gasteiger partial charge in [0.25, 0.3) is 0 Å². The summed E-state index contributed by atoms with van der Waals surface area (Å²) in [7, 11) is 2.00. The number of aryl methyl sites for hydroxylation is 1. The van der Waals surface area contributed by atoms with E-state index in [1.807, 2.05) is 32.2 Å². The summed E-state index contributed by atoms with van der Waals surface area (Å²) in [6.07, 6.45) is 0. The third kappa shape index (κ3) is 2.27. The summed E-state index contributed by atoms with van der Waals surface area (Å²) >= 11 is 0. The molecule has 0 fully saturated rings. The Morgan fingerprint density at radius 1 is 1.44 bits per heavy atom. The highest BCUT2D eigenvalue weighted by atomic mass is 16.4. The summed E-state index contributed by atoms with van der Waals surface area (Å²) in [5, 5.41) is 11.8. The Kier molecular flexibility index (Phi) is 3.77. The first kappa shape index (κ1) is 12.4. The van der Waals surface area contributed by atoms with Crippen molar-refractivity contribution in [1.82, 2.24) is 0 Å². The second-order valence-electron chi connectivity index (χ2n) is 4.16. The minimum Gasteiger partial charge on any atom is -0.409 e. The van der Waals surface area contributed by atoms with E-state index in [9.17, 15) is 0 Å². The van der Waals surface area contributed by atoms with Crippen LogP contribution in [0.15, 0.2) is 23.4 Å². The molecule has 16 heavy (non-hydrogen) atoms. The van der Waals surface area contributed by atoms with Gasteiger partial charge in [0, 0.05) is 18.7 Å². The van der Waals surface area contributed by atoms with Gasteiger partial charge in [-0.05, 0) is 32.4 Å². The quantitative estimate of drug-likeness (QED) is 0.355. The SMILES string of the molecule is Cc1cccc(/C(N)=N/O)c1N(C)C(C)C. The van der Waals surface area contributed by atoms with E-state index in [2.05, 4.69) is 23.9 Å². The highest BCUT2D eigenvalue weighted by Crippen LogP contribution is 2.25. The maximum atomic E-state index is 8.77. The predicted octanol–water partition coefficient (Wildman–Crippen LogP) is 1.93. The number of oxime groups is 1. The lowest BCUT2D eigenvalue weighted by atomic mass is 10.1. The lowest BCUT2D eigenvalue weighted by Crippen LogP contribution is -2.29. The second kappa shape index (κ2) is 4.88. The molecule has 0 aromatic heterocycles. The van der Waals surface area contributed by atoms with E-state index in [4.69, 9.17) is 10.9 Å². The average molecular weight is 221 g/mol. The molecule has 0 aliphatic rings. The Morgan fingerprint density at radius 2 is 2.06 bits per heavy atom. The van der Waals surface area contributed by atoms with Crippen LogP contribution in [0.5, 0.6) is 0 Å². The van der Waals surface area contributed by atoms with Crippen molar-refractivity contribution in [2.75, 3.05) is 11.9 Å². The number of nitrogens with two attached hydrogens (primary N) is 1. The normalized spacial score (nSPS) is 11.9. The van der Waals surface area contributed by atoms with Crippen LogP contribution in [0, 0.1) is 6.92 Å². The summed E-state index contributed by atoms with van der Waals surface area (Å²) < 4.78 is 0. The van der Waals surface area contributed by atoms with Crippen molar-refractivity contribution in [3.05, 3.63) is 29.3 Å². The maximum Gasteiger partial charge on any atom is 0.172 e. The topological polar surface area (TPSA) is 61.9 Å². The number of nitrogens with zero attached hydrogens (tertiary/aromatic N) is 2. The zero-order valence-electron chi connectivity index (χ0n) is 10.2. The number of hydrogen-bond donors (Lipinski definition) is 2. The van der Waals surface area contributed by atoms with E-state index in [1.54, 1.807) is 0 Å². The molecule has 0 aliphatic heterocycles. The molecule has 1 rings (SSSR count). The number of amidine groups is 1. The molecule has 88 valence electrons. The molecule has 0 saturated carbocycles. The highest BCUT2D eigenvalue weighted by Gasteiger charge is 2.15. The van der Waals surface area contributed by atoms with Crippen LogP contribution >= 0.6 is 0 Å². The van der Waals surface area contributed by atoms with Crippen molar-refractivity contribution in [3.63, 3.8) is 0 Å². The molecule has 0 saturated heterocycles.